The van der Waals surface area contributed by atoms with Gasteiger partial charge in [-0.2, -0.15) is 15.5 Å². The highest BCUT2D eigenvalue weighted by molar-refractivity contribution is 5.75. The first-order chi connectivity index (χ1) is 13.4. The van der Waals surface area contributed by atoms with Crippen LogP contribution in [-0.2, 0) is 19.4 Å². The molecule has 8 heteroatoms. The van der Waals surface area contributed by atoms with Crippen molar-refractivity contribution in [1.82, 2.24) is 19.4 Å². The summed E-state index contributed by atoms with van der Waals surface area (Å²) in [5.41, 5.74) is 11.1. The van der Waals surface area contributed by atoms with Crippen molar-refractivity contribution in [2.45, 2.75) is 51.2 Å². The van der Waals surface area contributed by atoms with Gasteiger partial charge in [0.1, 0.15) is 17.3 Å². The molecule has 0 fully saturated rings. The third-order valence-electron chi connectivity index (χ3n) is 6.01. The maximum Gasteiger partial charge on any atom is 0.171 e. The van der Waals surface area contributed by atoms with E-state index in [1.54, 1.807) is 6.07 Å². The number of nitriles is 1. The molecular weight excluding hydrogens is 357 g/mol. The van der Waals surface area contributed by atoms with Crippen LogP contribution in [0, 0.1) is 17.1 Å². The van der Waals surface area contributed by atoms with Crippen LogP contribution >= 0.6 is 0 Å². The molecule has 2 atom stereocenters. The molecule has 28 heavy (non-hydrogen) atoms. The van der Waals surface area contributed by atoms with Crippen molar-refractivity contribution in [1.29, 1.82) is 5.26 Å². The van der Waals surface area contributed by atoms with E-state index in [4.69, 9.17) is 10.8 Å². The maximum absolute atomic E-state index is 14.5. The zero-order chi connectivity index (χ0) is 19.6. The van der Waals surface area contributed by atoms with Crippen molar-refractivity contribution in [3.05, 3.63) is 46.8 Å². The van der Waals surface area contributed by atoms with Gasteiger partial charge in [0.2, 0.25) is 0 Å². The number of fused-ring (bicyclic) bond motifs is 4. The number of hydrogen-bond acceptors (Lipinski definition) is 5. The molecule has 0 saturated carbocycles. The third-order valence-corrected chi connectivity index (χ3v) is 6.01. The molecule has 3 aromatic rings. The number of nitrogens with zero attached hydrogens (tertiary/aromatic N) is 6. The number of anilines is 1. The molecular formula is C20H22FN7. The Morgan fingerprint density at radius 3 is 3.00 bits per heavy atom. The van der Waals surface area contributed by atoms with Crippen LogP contribution in [0.15, 0.2) is 18.3 Å². The molecule has 5 rings (SSSR count). The Labute approximate surface area is 162 Å². The minimum Gasteiger partial charge on any atom is -0.362 e. The minimum absolute atomic E-state index is 0.153. The molecule has 0 bridgehead atoms. The highest BCUT2D eigenvalue weighted by Gasteiger charge is 2.35. The van der Waals surface area contributed by atoms with Gasteiger partial charge in [-0.3, -0.25) is 4.68 Å². The molecule has 3 aromatic heterocycles. The summed E-state index contributed by atoms with van der Waals surface area (Å²) in [5.74, 6) is -0.417. The molecule has 0 saturated heterocycles. The van der Waals surface area contributed by atoms with E-state index < -0.39 is 5.82 Å². The Morgan fingerprint density at radius 2 is 2.21 bits per heavy atom. The number of pyridine rings is 1. The summed E-state index contributed by atoms with van der Waals surface area (Å²) in [6.45, 7) is 5.57. The van der Waals surface area contributed by atoms with Gasteiger partial charge in [-0.05, 0) is 44.4 Å². The lowest BCUT2D eigenvalue weighted by atomic mass is 9.82. The Balaban J connectivity index is 1.60. The van der Waals surface area contributed by atoms with E-state index in [0.717, 1.165) is 30.6 Å². The number of hydrogen-bond donors (Lipinski definition) is 1. The van der Waals surface area contributed by atoms with Crippen LogP contribution in [-0.4, -0.2) is 31.5 Å². The quantitative estimate of drug-likeness (QED) is 0.701. The highest BCUT2D eigenvalue weighted by atomic mass is 19.1. The average Bonchev–Trinajstić information content (AvgIpc) is 3.21. The van der Waals surface area contributed by atoms with Gasteiger partial charge in [-0.15, -0.1) is 0 Å². The molecule has 2 aliphatic rings. The molecule has 1 aliphatic heterocycles. The van der Waals surface area contributed by atoms with E-state index in [9.17, 15) is 9.65 Å². The predicted molar refractivity (Wildman–Crippen MR) is 102 cm³/mol. The topological polar surface area (TPSA) is 88.2 Å². The van der Waals surface area contributed by atoms with Crippen molar-refractivity contribution in [3.63, 3.8) is 0 Å². The average molecular weight is 379 g/mol. The second kappa shape index (κ2) is 5.79. The van der Waals surface area contributed by atoms with Crippen LogP contribution in [0.25, 0.3) is 5.52 Å². The summed E-state index contributed by atoms with van der Waals surface area (Å²) in [7, 11) is 0. The van der Waals surface area contributed by atoms with Gasteiger partial charge in [0.25, 0.3) is 0 Å². The van der Waals surface area contributed by atoms with Gasteiger partial charge in [0, 0.05) is 18.5 Å². The molecule has 4 heterocycles. The summed E-state index contributed by atoms with van der Waals surface area (Å²) in [5, 5.41) is 18.2. The summed E-state index contributed by atoms with van der Waals surface area (Å²) in [6.07, 6.45) is 3.81. The zero-order valence-corrected chi connectivity index (χ0v) is 16.0. The normalized spacial score (nSPS) is 24.1. The van der Waals surface area contributed by atoms with Crippen molar-refractivity contribution in [2.24, 2.45) is 5.73 Å². The summed E-state index contributed by atoms with van der Waals surface area (Å²) in [4.78, 5) is 2.17. The number of rotatable bonds is 1. The lowest BCUT2D eigenvalue weighted by molar-refractivity contribution is 0.400. The molecule has 0 amide bonds. The number of aromatic nitrogens is 4. The Bertz CT molecular complexity index is 1130. The smallest absolute Gasteiger partial charge is 0.171 e. The second-order valence-electron chi connectivity index (χ2n) is 8.35. The van der Waals surface area contributed by atoms with Crippen molar-refractivity contribution < 1.29 is 4.39 Å². The van der Waals surface area contributed by atoms with Crippen LogP contribution in [0.2, 0.25) is 0 Å². The lowest BCUT2D eigenvalue weighted by Gasteiger charge is -2.35. The fraction of sp³-hybridized carbons (Fsp3) is 0.450. The molecule has 144 valence electrons. The lowest BCUT2D eigenvalue weighted by Crippen LogP contribution is -2.42. The largest absolute Gasteiger partial charge is 0.362 e. The molecule has 2 N–H and O–H groups in total. The Hall–Kier alpha value is -2.92. The van der Waals surface area contributed by atoms with Crippen LogP contribution in [0.1, 0.15) is 49.0 Å². The van der Waals surface area contributed by atoms with E-state index in [2.05, 4.69) is 34.6 Å². The minimum atomic E-state index is -0.417. The van der Waals surface area contributed by atoms with Gasteiger partial charge in [-0.25, -0.2) is 8.91 Å². The highest BCUT2D eigenvalue weighted by Crippen LogP contribution is 2.36. The van der Waals surface area contributed by atoms with E-state index in [1.165, 1.54) is 22.0 Å². The molecule has 0 spiro atoms. The van der Waals surface area contributed by atoms with Crippen LogP contribution in [0.4, 0.5) is 10.1 Å². The van der Waals surface area contributed by atoms with Gasteiger partial charge in [-0.1, -0.05) is 0 Å². The first-order valence-corrected chi connectivity index (χ1v) is 9.57. The Kier molecular flexibility index (Phi) is 3.55. The Morgan fingerprint density at radius 1 is 1.39 bits per heavy atom. The molecule has 1 unspecified atom stereocenters. The second-order valence-corrected chi connectivity index (χ2v) is 8.35. The SMILES string of the molecule is C[C@@H]1CN(c2ccc(C#N)n3ncc(F)c23)Cc2c3c(nn21)CC(C)(N)CC3. The van der Waals surface area contributed by atoms with E-state index in [0.29, 0.717) is 24.3 Å². The number of nitrogens with two attached hydrogens (primary N) is 1. The fourth-order valence-electron chi connectivity index (χ4n) is 4.61. The summed E-state index contributed by atoms with van der Waals surface area (Å²) < 4.78 is 18.0. The van der Waals surface area contributed by atoms with Gasteiger partial charge < -0.3 is 10.6 Å². The van der Waals surface area contributed by atoms with Crippen molar-refractivity contribution >= 4 is 11.2 Å². The first kappa shape index (κ1) is 17.2. The molecule has 0 aromatic carbocycles. The van der Waals surface area contributed by atoms with E-state index >= 15 is 0 Å². The van der Waals surface area contributed by atoms with E-state index in [-0.39, 0.29) is 11.6 Å². The van der Waals surface area contributed by atoms with Crippen LogP contribution in [0.3, 0.4) is 0 Å². The van der Waals surface area contributed by atoms with Gasteiger partial charge in [0.15, 0.2) is 5.82 Å². The fourth-order valence-corrected chi connectivity index (χ4v) is 4.61. The molecule has 0 radical (unpaired) electrons. The molecule has 1 aliphatic carbocycles. The van der Waals surface area contributed by atoms with Gasteiger partial charge in [0.05, 0.1) is 35.9 Å². The summed E-state index contributed by atoms with van der Waals surface area (Å²) in [6, 6.07) is 5.74. The maximum atomic E-state index is 14.5. The first-order valence-electron chi connectivity index (χ1n) is 9.57. The van der Waals surface area contributed by atoms with Crippen LogP contribution in [0.5, 0.6) is 0 Å². The van der Waals surface area contributed by atoms with Crippen molar-refractivity contribution in [3.8, 4) is 6.07 Å². The van der Waals surface area contributed by atoms with E-state index in [1.807, 2.05) is 6.07 Å². The zero-order valence-electron chi connectivity index (χ0n) is 16.0. The van der Waals surface area contributed by atoms with Crippen LogP contribution < -0.4 is 10.6 Å². The predicted octanol–water partition coefficient (Wildman–Crippen LogP) is 2.33. The standard InChI is InChI=1S/C20H22FN7/c1-12-10-26(17-4-3-13(8-22)28-19(17)15(21)9-24-28)11-18-14-5-6-20(2,23)7-16(14)25-27(12)18/h3-4,9,12H,5-7,10-11,23H2,1-2H3/t12-,20?/m1/s1. The number of halogens is 1. The summed E-state index contributed by atoms with van der Waals surface area (Å²) >= 11 is 0. The van der Waals surface area contributed by atoms with Gasteiger partial charge >= 0.3 is 0 Å². The third kappa shape index (κ3) is 2.43. The molecule has 7 nitrogen and oxygen atoms in total. The monoisotopic (exact) mass is 379 g/mol. The van der Waals surface area contributed by atoms with Crippen molar-refractivity contribution in [2.75, 3.05) is 11.4 Å².